The number of benzene rings is 7. The van der Waals surface area contributed by atoms with E-state index in [1.165, 1.54) is 32.3 Å². The van der Waals surface area contributed by atoms with Crippen molar-refractivity contribution in [2.24, 2.45) is 0 Å². The van der Waals surface area contributed by atoms with Gasteiger partial charge in [-0.15, -0.1) is 0 Å². The minimum absolute atomic E-state index is 0.695. The van der Waals surface area contributed by atoms with Crippen LogP contribution in [0.4, 0.5) is 0 Å². The van der Waals surface area contributed by atoms with Gasteiger partial charge in [-0.25, -0.2) is 9.97 Å². The molecule has 46 heavy (non-hydrogen) atoms. The summed E-state index contributed by atoms with van der Waals surface area (Å²) in [4.78, 5) is 15.1. The molecule has 3 nitrogen and oxygen atoms in total. The lowest BCUT2D eigenvalue weighted by molar-refractivity contribution is 1.19. The first-order valence-electron chi connectivity index (χ1n) is 15.5. The lowest BCUT2D eigenvalue weighted by Crippen LogP contribution is -1.97. The highest BCUT2D eigenvalue weighted by Gasteiger charge is 2.15. The molecular formula is C43H27N3. The first kappa shape index (κ1) is 26.2. The van der Waals surface area contributed by atoms with Crippen LogP contribution in [0, 0.1) is 0 Å². The predicted octanol–water partition coefficient (Wildman–Crippen LogP) is 11.2. The molecule has 0 aliphatic heterocycles. The van der Waals surface area contributed by atoms with E-state index in [-0.39, 0.29) is 0 Å². The van der Waals surface area contributed by atoms with Crippen LogP contribution in [-0.4, -0.2) is 15.0 Å². The van der Waals surface area contributed by atoms with E-state index in [2.05, 4.69) is 145 Å². The summed E-state index contributed by atoms with van der Waals surface area (Å²) in [5, 5.41) is 8.35. The quantitative estimate of drug-likeness (QED) is 0.193. The van der Waals surface area contributed by atoms with Gasteiger partial charge < -0.3 is 0 Å². The third kappa shape index (κ3) is 4.58. The van der Waals surface area contributed by atoms with Gasteiger partial charge in [0.1, 0.15) is 0 Å². The lowest BCUT2D eigenvalue weighted by Gasteiger charge is -2.14. The Kier molecular flexibility index (Phi) is 6.14. The zero-order valence-corrected chi connectivity index (χ0v) is 24.9. The molecule has 0 unspecified atom stereocenters. The van der Waals surface area contributed by atoms with Gasteiger partial charge in [0.25, 0.3) is 0 Å². The second-order valence-electron chi connectivity index (χ2n) is 11.7. The Balaban J connectivity index is 1.22. The summed E-state index contributed by atoms with van der Waals surface area (Å²) in [6.07, 6.45) is 1.94. The average molecular weight is 586 g/mol. The molecule has 0 bridgehead atoms. The van der Waals surface area contributed by atoms with E-state index < -0.39 is 0 Å². The highest BCUT2D eigenvalue weighted by molar-refractivity contribution is 6.13. The van der Waals surface area contributed by atoms with Crippen molar-refractivity contribution in [2.45, 2.75) is 0 Å². The molecule has 0 saturated carbocycles. The zero-order valence-electron chi connectivity index (χ0n) is 24.9. The molecule has 2 aromatic heterocycles. The van der Waals surface area contributed by atoms with Gasteiger partial charge in [0.05, 0.1) is 16.9 Å². The average Bonchev–Trinajstić information content (AvgIpc) is 3.14. The van der Waals surface area contributed by atoms with Gasteiger partial charge in [-0.2, -0.15) is 0 Å². The second kappa shape index (κ2) is 10.8. The number of nitrogens with zero attached hydrogens (tertiary/aromatic N) is 3. The van der Waals surface area contributed by atoms with Crippen LogP contribution < -0.4 is 0 Å². The number of pyridine rings is 1. The van der Waals surface area contributed by atoms with Gasteiger partial charge >= 0.3 is 0 Å². The molecular weight excluding hydrogens is 558 g/mol. The third-order valence-electron chi connectivity index (χ3n) is 8.88. The predicted molar refractivity (Wildman–Crippen MR) is 192 cm³/mol. The van der Waals surface area contributed by atoms with Crippen LogP contribution in [0.1, 0.15) is 0 Å². The van der Waals surface area contributed by atoms with Crippen molar-refractivity contribution in [3.05, 3.63) is 164 Å². The highest BCUT2D eigenvalue weighted by atomic mass is 14.9. The van der Waals surface area contributed by atoms with Crippen molar-refractivity contribution in [3.63, 3.8) is 0 Å². The van der Waals surface area contributed by atoms with Crippen LogP contribution in [0.5, 0.6) is 0 Å². The van der Waals surface area contributed by atoms with E-state index in [1.807, 2.05) is 24.4 Å². The SMILES string of the molecule is c1ccc2cc(-c3cc(-c4cc5ccccc5c5ccccc45)nc(-c4ccc(-c5cnc6ccccc6c5)cc4)n3)ccc2c1. The van der Waals surface area contributed by atoms with Crippen LogP contribution >= 0.6 is 0 Å². The Bertz CT molecular complexity index is 2590. The molecule has 0 fully saturated rings. The smallest absolute Gasteiger partial charge is 0.160 e. The Morgan fingerprint density at radius 3 is 1.80 bits per heavy atom. The van der Waals surface area contributed by atoms with E-state index in [1.54, 1.807) is 0 Å². The summed E-state index contributed by atoms with van der Waals surface area (Å²) >= 11 is 0. The maximum absolute atomic E-state index is 5.24. The first-order valence-corrected chi connectivity index (χ1v) is 15.5. The minimum Gasteiger partial charge on any atom is -0.256 e. The van der Waals surface area contributed by atoms with Gasteiger partial charge in [-0.1, -0.05) is 127 Å². The summed E-state index contributed by atoms with van der Waals surface area (Å²) in [5.41, 5.74) is 8.10. The third-order valence-corrected chi connectivity index (χ3v) is 8.88. The summed E-state index contributed by atoms with van der Waals surface area (Å²) in [6.45, 7) is 0. The Hall–Kier alpha value is -6.19. The minimum atomic E-state index is 0.695. The Morgan fingerprint density at radius 1 is 0.348 bits per heavy atom. The molecule has 0 spiro atoms. The molecule has 3 heteroatoms. The second-order valence-corrected chi connectivity index (χ2v) is 11.7. The lowest BCUT2D eigenvalue weighted by atomic mass is 9.94. The largest absolute Gasteiger partial charge is 0.256 e. The number of fused-ring (bicyclic) bond motifs is 5. The maximum Gasteiger partial charge on any atom is 0.160 e. The number of hydrogen-bond acceptors (Lipinski definition) is 3. The molecule has 0 aliphatic carbocycles. The fourth-order valence-corrected chi connectivity index (χ4v) is 6.52. The van der Waals surface area contributed by atoms with E-state index in [0.29, 0.717) is 5.82 Å². The van der Waals surface area contributed by atoms with Crippen molar-refractivity contribution in [3.8, 4) is 45.0 Å². The summed E-state index contributed by atoms with van der Waals surface area (Å²) in [5.74, 6) is 0.695. The molecule has 0 amide bonds. The Morgan fingerprint density at radius 2 is 0.957 bits per heavy atom. The molecule has 2 heterocycles. The van der Waals surface area contributed by atoms with Gasteiger partial charge in [0.15, 0.2) is 5.82 Å². The molecule has 0 saturated heterocycles. The number of rotatable bonds is 4. The maximum atomic E-state index is 5.24. The van der Waals surface area contributed by atoms with Crippen molar-refractivity contribution in [2.75, 3.05) is 0 Å². The van der Waals surface area contributed by atoms with Crippen molar-refractivity contribution >= 4 is 43.2 Å². The summed E-state index contributed by atoms with van der Waals surface area (Å²) in [6, 6.07) is 55.5. The van der Waals surface area contributed by atoms with E-state index in [0.717, 1.165) is 50.1 Å². The van der Waals surface area contributed by atoms with Crippen LogP contribution in [0.25, 0.3) is 88.2 Å². The zero-order chi connectivity index (χ0) is 30.5. The van der Waals surface area contributed by atoms with Crippen molar-refractivity contribution < 1.29 is 0 Å². The van der Waals surface area contributed by atoms with E-state index in [4.69, 9.17) is 9.97 Å². The van der Waals surface area contributed by atoms with E-state index >= 15 is 0 Å². The van der Waals surface area contributed by atoms with Crippen LogP contribution in [0.15, 0.2) is 164 Å². The fourth-order valence-electron chi connectivity index (χ4n) is 6.52. The molecule has 0 aliphatic rings. The first-order chi connectivity index (χ1) is 22.8. The number of hydrogen-bond donors (Lipinski definition) is 0. The molecule has 0 radical (unpaired) electrons. The van der Waals surface area contributed by atoms with Gasteiger partial charge in [0, 0.05) is 33.8 Å². The molecule has 0 N–H and O–H groups in total. The highest BCUT2D eigenvalue weighted by Crippen LogP contribution is 2.37. The number of para-hydroxylation sites is 1. The number of aromatic nitrogens is 3. The monoisotopic (exact) mass is 585 g/mol. The van der Waals surface area contributed by atoms with Crippen LogP contribution in [0.3, 0.4) is 0 Å². The topological polar surface area (TPSA) is 38.7 Å². The van der Waals surface area contributed by atoms with Gasteiger partial charge in [-0.05, 0) is 68.2 Å². The Labute approximate surface area is 266 Å². The standard InChI is InChI=1S/C43H27N3/c1-2-10-31-23-34(22-19-28(31)9-1)41-26-42(39-25-32-11-3-5-13-36(32)37-14-6-7-15-38(37)39)46-43(45-41)30-20-17-29(18-21-30)35-24-33-12-4-8-16-40(33)44-27-35/h1-27H. The fraction of sp³-hybridized carbons (Fsp3) is 0. The molecule has 9 rings (SSSR count). The van der Waals surface area contributed by atoms with Crippen LogP contribution in [0.2, 0.25) is 0 Å². The van der Waals surface area contributed by atoms with Gasteiger partial charge in [0.2, 0.25) is 0 Å². The summed E-state index contributed by atoms with van der Waals surface area (Å²) < 4.78 is 0. The molecule has 9 aromatic rings. The van der Waals surface area contributed by atoms with Crippen LogP contribution in [-0.2, 0) is 0 Å². The summed E-state index contributed by atoms with van der Waals surface area (Å²) in [7, 11) is 0. The molecule has 0 atom stereocenters. The van der Waals surface area contributed by atoms with Crippen molar-refractivity contribution in [1.29, 1.82) is 0 Å². The van der Waals surface area contributed by atoms with Crippen molar-refractivity contribution in [1.82, 2.24) is 15.0 Å². The van der Waals surface area contributed by atoms with E-state index in [9.17, 15) is 0 Å². The molecule has 7 aromatic carbocycles. The molecule has 214 valence electrons. The normalized spacial score (nSPS) is 11.5. The van der Waals surface area contributed by atoms with Gasteiger partial charge in [-0.3, -0.25) is 4.98 Å².